The predicted molar refractivity (Wildman–Crippen MR) is 76.4 cm³/mol. The number of nitrogens with one attached hydrogen (secondary N) is 2. The Balaban J connectivity index is 2.17. The standard InChI is InChI=1S/C14H22N2O2S/c1-10-7-13(10)9-16-19(17,18)14-6-4-5-12(8-15-3)11(14)2/h4-6,10,13,15-16H,7-9H2,1-3H3. The van der Waals surface area contributed by atoms with E-state index in [-0.39, 0.29) is 0 Å². The van der Waals surface area contributed by atoms with Gasteiger partial charge in [-0.15, -0.1) is 0 Å². The van der Waals surface area contributed by atoms with Crippen molar-refractivity contribution in [1.29, 1.82) is 0 Å². The molecule has 2 atom stereocenters. The van der Waals surface area contributed by atoms with Gasteiger partial charge in [-0.1, -0.05) is 19.1 Å². The Kier molecular flexibility index (Phi) is 4.28. The zero-order valence-electron chi connectivity index (χ0n) is 11.7. The van der Waals surface area contributed by atoms with Gasteiger partial charge in [0.05, 0.1) is 4.90 Å². The summed E-state index contributed by atoms with van der Waals surface area (Å²) >= 11 is 0. The Morgan fingerprint density at radius 1 is 1.37 bits per heavy atom. The molecule has 1 aliphatic carbocycles. The first-order valence-electron chi connectivity index (χ1n) is 6.68. The topological polar surface area (TPSA) is 58.2 Å². The molecule has 5 heteroatoms. The average molecular weight is 282 g/mol. The van der Waals surface area contributed by atoms with Crippen LogP contribution in [0, 0.1) is 18.8 Å². The van der Waals surface area contributed by atoms with E-state index in [1.54, 1.807) is 12.1 Å². The average Bonchev–Trinajstić information content (AvgIpc) is 3.06. The monoisotopic (exact) mass is 282 g/mol. The lowest BCUT2D eigenvalue weighted by molar-refractivity contribution is 0.573. The van der Waals surface area contributed by atoms with Gasteiger partial charge >= 0.3 is 0 Å². The summed E-state index contributed by atoms with van der Waals surface area (Å²) < 4.78 is 27.4. The minimum Gasteiger partial charge on any atom is -0.316 e. The number of benzene rings is 1. The van der Waals surface area contributed by atoms with Crippen molar-refractivity contribution in [3.63, 3.8) is 0 Å². The molecule has 0 spiro atoms. The van der Waals surface area contributed by atoms with Gasteiger partial charge in [0.15, 0.2) is 0 Å². The summed E-state index contributed by atoms with van der Waals surface area (Å²) in [5.74, 6) is 1.16. The minimum absolute atomic E-state index is 0.397. The van der Waals surface area contributed by atoms with Crippen LogP contribution in [0.3, 0.4) is 0 Å². The van der Waals surface area contributed by atoms with Crippen molar-refractivity contribution >= 4 is 10.0 Å². The van der Waals surface area contributed by atoms with E-state index >= 15 is 0 Å². The van der Waals surface area contributed by atoms with Crippen LogP contribution in [0.15, 0.2) is 23.1 Å². The predicted octanol–water partition coefficient (Wildman–Crippen LogP) is 1.65. The van der Waals surface area contributed by atoms with Gasteiger partial charge in [0.25, 0.3) is 0 Å². The molecule has 2 unspecified atom stereocenters. The van der Waals surface area contributed by atoms with E-state index in [1.807, 2.05) is 20.0 Å². The van der Waals surface area contributed by atoms with E-state index in [2.05, 4.69) is 17.0 Å². The molecular weight excluding hydrogens is 260 g/mol. The largest absolute Gasteiger partial charge is 0.316 e. The fraction of sp³-hybridized carbons (Fsp3) is 0.571. The fourth-order valence-corrected chi connectivity index (χ4v) is 3.69. The quantitative estimate of drug-likeness (QED) is 0.834. The summed E-state index contributed by atoms with van der Waals surface area (Å²) in [6.45, 7) is 5.24. The lowest BCUT2D eigenvalue weighted by Crippen LogP contribution is -2.27. The van der Waals surface area contributed by atoms with Crippen LogP contribution >= 0.6 is 0 Å². The maximum atomic E-state index is 12.3. The van der Waals surface area contributed by atoms with Crippen molar-refractivity contribution in [3.8, 4) is 0 Å². The Morgan fingerprint density at radius 2 is 2.05 bits per heavy atom. The van der Waals surface area contributed by atoms with Gasteiger partial charge in [-0.2, -0.15) is 0 Å². The van der Waals surface area contributed by atoms with Crippen LogP contribution in [0.1, 0.15) is 24.5 Å². The molecule has 0 aliphatic heterocycles. The summed E-state index contributed by atoms with van der Waals surface area (Å²) in [4.78, 5) is 0.397. The summed E-state index contributed by atoms with van der Waals surface area (Å²) in [5.41, 5.74) is 1.85. The third-order valence-corrected chi connectivity index (χ3v) is 5.43. The molecule has 0 saturated heterocycles. The van der Waals surface area contributed by atoms with Gasteiger partial charge in [0, 0.05) is 13.1 Å². The van der Waals surface area contributed by atoms with Crippen LogP contribution in [-0.2, 0) is 16.6 Å². The molecule has 0 aromatic heterocycles. The molecule has 1 saturated carbocycles. The van der Waals surface area contributed by atoms with Crippen molar-refractivity contribution in [3.05, 3.63) is 29.3 Å². The molecule has 0 heterocycles. The maximum absolute atomic E-state index is 12.3. The second kappa shape index (κ2) is 5.61. The smallest absolute Gasteiger partial charge is 0.240 e. The van der Waals surface area contributed by atoms with Crippen LogP contribution in [0.5, 0.6) is 0 Å². The van der Waals surface area contributed by atoms with Crippen LogP contribution < -0.4 is 10.0 Å². The highest BCUT2D eigenvalue weighted by molar-refractivity contribution is 7.89. The summed E-state index contributed by atoms with van der Waals surface area (Å²) in [6, 6.07) is 5.43. The first-order chi connectivity index (χ1) is 8.95. The van der Waals surface area contributed by atoms with Crippen LogP contribution in [0.2, 0.25) is 0 Å². The normalized spacial score (nSPS) is 22.5. The van der Waals surface area contributed by atoms with Gasteiger partial charge in [-0.3, -0.25) is 0 Å². The third-order valence-electron chi connectivity index (χ3n) is 3.86. The first kappa shape index (κ1) is 14.5. The second-order valence-corrected chi connectivity index (χ2v) is 7.13. The van der Waals surface area contributed by atoms with E-state index in [4.69, 9.17) is 0 Å². The van der Waals surface area contributed by atoms with Gasteiger partial charge in [-0.25, -0.2) is 13.1 Å². The summed E-state index contributed by atoms with van der Waals surface area (Å²) in [7, 11) is -1.53. The Morgan fingerprint density at radius 3 is 2.63 bits per heavy atom. The SMILES string of the molecule is CNCc1cccc(S(=O)(=O)NCC2CC2C)c1C. The van der Waals surface area contributed by atoms with E-state index in [0.29, 0.717) is 29.8 Å². The van der Waals surface area contributed by atoms with Crippen LogP contribution in [0.25, 0.3) is 0 Å². The zero-order valence-corrected chi connectivity index (χ0v) is 12.5. The van der Waals surface area contributed by atoms with Crippen molar-refractivity contribution in [2.75, 3.05) is 13.6 Å². The Hall–Kier alpha value is -0.910. The molecule has 2 N–H and O–H groups in total. The van der Waals surface area contributed by atoms with Gasteiger partial charge in [0.1, 0.15) is 0 Å². The highest BCUT2D eigenvalue weighted by Crippen LogP contribution is 2.37. The van der Waals surface area contributed by atoms with E-state index < -0.39 is 10.0 Å². The molecule has 4 nitrogen and oxygen atoms in total. The summed E-state index contributed by atoms with van der Waals surface area (Å²) in [6.07, 6.45) is 1.13. The number of hydrogen-bond donors (Lipinski definition) is 2. The number of hydrogen-bond acceptors (Lipinski definition) is 3. The molecule has 106 valence electrons. The first-order valence-corrected chi connectivity index (χ1v) is 8.16. The molecule has 1 aromatic carbocycles. The minimum atomic E-state index is -3.39. The third kappa shape index (κ3) is 3.35. The van der Waals surface area contributed by atoms with Crippen LogP contribution in [0.4, 0.5) is 0 Å². The molecule has 0 radical (unpaired) electrons. The van der Waals surface area contributed by atoms with E-state index in [0.717, 1.165) is 17.5 Å². The van der Waals surface area contributed by atoms with Crippen LogP contribution in [-0.4, -0.2) is 22.0 Å². The van der Waals surface area contributed by atoms with Crippen molar-refractivity contribution in [1.82, 2.24) is 10.0 Å². The second-order valence-electron chi connectivity index (χ2n) is 5.40. The number of rotatable bonds is 6. The van der Waals surface area contributed by atoms with Gasteiger partial charge in [0.2, 0.25) is 10.0 Å². The molecule has 2 rings (SSSR count). The molecule has 1 aromatic rings. The lowest BCUT2D eigenvalue weighted by atomic mass is 10.1. The highest BCUT2D eigenvalue weighted by Gasteiger charge is 2.33. The molecular formula is C14H22N2O2S. The van der Waals surface area contributed by atoms with Crippen molar-refractivity contribution < 1.29 is 8.42 Å². The van der Waals surface area contributed by atoms with Crippen molar-refractivity contribution in [2.24, 2.45) is 11.8 Å². The van der Waals surface area contributed by atoms with E-state index in [1.165, 1.54) is 0 Å². The summed E-state index contributed by atoms with van der Waals surface area (Å²) in [5, 5.41) is 3.05. The fourth-order valence-electron chi connectivity index (χ4n) is 2.31. The van der Waals surface area contributed by atoms with Gasteiger partial charge in [-0.05, 0) is 49.4 Å². The van der Waals surface area contributed by atoms with Gasteiger partial charge < -0.3 is 5.32 Å². The lowest BCUT2D eigenvalue weighted by Gasteiger charge is -2.12. The molecule has 0 bridgehead atoms. The Labute approximate surface area is 115 Å². The number of sulfonamides is 1. The molecule has 0 amide bonds. The maximum Gasteiger partial charge on any atom is 0.240 e. The Bertz CT molecular complexity index is 555. The zero-order chi connectivity index (χ0) is 14.0. The molecule has 1 fully saturated rings. The molecule has 1 aliphatic rings. The highest BCUT2D eigenvalue weighted by atomic mass is 32.2. The molecule has 19 heavy (non-hydrogen) atoms. The van der Waals surface area contributed by atoms with Crippen molar-refractivity contribution in [2.45, 2.75) is 31.7 Å². The van der Waals surface area contributed by atoms with E-state index in [9.17, 15) is 8.42 Å².